The Morgan fingerprint density at radius 1 is 0.889 bits per heavy atom. The fourth-order valence-electron chi connectivity index (χ4n) is 3.19. The van der Waals surface area contributed by atoms with Crippen molar-refractivity contribution in [3.05, 3.63) is 0 Å². The number of nitrogens with zero attached hydrogens (tertiary/aromatic N) is 1. The molecular weight excluding hydrogens is 226 g/mol. The van der Waals surface area contributed by atoms with Gasteiger partial charge in [-0.2, -0.15) is 0 Å². The second-order valence-electron chi connectivity index (χ2n) is 5.87. The first-order chi connectivity index (χ1) is 8.88. The number of aliphatic hydroxyl groups excluding tert-OH is 1. The molecule has 1 saturated heterocycles. The monoisotopic (exact) mass is 255 g/mol. The average Bonchev–Trinajstić information content (AvgIpc) is 2.42. The first-order valence-electron chi connectivity index (χ1n) is 7.87. The van der Waals surface area contributed by atoms with Crippen LogP contribution in [0.15, 0.2) is 0 Å². The second kappa shape index (κ2) is 8.13. The van der Waals surface area contributed by atoms with Crippen LogP contribution in [-0.4, -0.2) is 48.5 Å². The van der Waals surface area contributed by atoms with E-state index in [1.807, 2.05) is 0 Å². The molecule has 0 aromatic heterocycles. The first kappa shape index (κ1) is 14.3. The van der Waals surface area contributed by atoms with Gasteiger partial charge >= 0.3 is 0 Å². The highest BCUT2D eigenvalue weighted by Gasteiger charge is 2.23. The molecule has 0 aromatic rings. The average molecular weight is 255 g/mol. The van der Waals surface area contributed by atoms with E-state index in [-0.39, 0.29) is 0 Å². The molecule has 18 heavy (non-hydrogen) atoms. The van der Waals surface area contributed by atoms with Crippen molar-refractivity contribution in [2.75, 3.05) is 26.2 Å². The number of ether oxygens (including phenoxy) is 1. The van der Waals surface area contributed by atoms with E-state index in [9.17, 15) is 0 Å². The molecule has 0 amide bonds. The lowest BCUT2D eigenvalue weighted by molar-refractivity contribution is -0.0558. The van der Waals surface area contributed by atoms with Crippen LogP contribution in [0.5, 0.6) is 0 Å². The molecule has 0 aromatic carbocycles. The van der Waals surface area contributed by atoms with Gasteiger partial charge in [0, 0.05) is 19.7 Å². The summed E-state index contributed by atoms with van der Waals surface area (Å²) in [5.41, 5.74) is 0. The summed E-state index contributed by atoms with van der Waals surface area (Å²) >= 11 is 0. The Hall–Kier alpha value is -0.120. The molecule has 0 atom stereocenters. The molecule has 0 spiro atoms. The van der Waals surface area contributed by atoms with Gasteiger partial charge in [0.25, 0.3) is 0 Å². The van der Waals surface area contributed by atoms with Gasteiger partial charge in [-0.3, -0.25) is 0 Å². The van der Waals surface area contributed by atoms with Crippen molar-refractivity contribution in [1.29, 1.82) is 0 Å². The van der Waals surface area contributed by atoms with Gasteiger partial charge in [0.2, 0.25) is 0 Å². The number of hydrogen-bond acceptors (Lipinski definition) is 3. The van der Waals surface area contributed by atoms with Crippen molar-refractivity contribution >= 4 is 0 Å². The van der Waals surface area contributed by atoms with Crippen molar-refractivity contribution in [2.24, 2.45) is 0 Å². The number of rotatable bonds is 6. The summed E-state index contributed by atoms with van der Waals surface area (Å²) in [7, 11) is 0. The van der Waals surface area contributed by atoms with Crippen LogP contribution in [-0.2, 0) is 4.74 Å². The highest BCUT2D eigenvalue weighted by molar-refractivity contribution is 4.75. The summed E-state index contributed by atoms with van der Waals surface area (Å²) in [6.07, 6.45) is 12.3. The van der Waals surface area contributed by atoms with Crippen LogP contribution in [0.25, 0.3) is 0 Å². The Morgan fingerprint density at radius 3 is 2.22 bits per heavy atom. The van der Waals surface area contributed by atoms with Crippen molar-refractivity contribution in [2.45, 2.75) is 70.0 Å². The van der Waals surface area contributed by atoms with Gasteiger partial charge in [-0.1, -0.05) is 19.3 Å². The van der Waals surface area contributed by atoms with Gasteiger partial charge in [-0.05, 0) is 45.1 Å². The maximum atomic E-state index is 8.78. The molecule has 2 aliphatic rings. The summed E-state index contributed by atoms with van der Waals surface area (Å²) in [6, 6.07) is 0. The highest BCUT2D eigenvalue weighted by Crippen LogP contribution is 2.24. The molecule has 0 bridgehead atoms. The molecule has 1 heterocycles. The molecule has 1 aliphatic heterocycles. The Bertz CT molecular complexity index is 209. The predicted molar refractivity (Wildman–Crippen MR) is 73.7 cm³/mol. The van der Waals surface area contributed by atoms with Crippen LogP contribution in [0, 0.1) is 0 Å². The van der Waals surface area contributed by atoms with E-state index in [1.165, 1.54) is 58.0 Å². The van der Waals surface area contributed by atoms with E-state index in [4.69, 9.17) is 9.84 Å². The molecule has 1 saturated carbocycles. The Kier molecular flexibility index (Phi) is 6.46. The fourth-order valence-corrected chi connectivity index (χ4v) is 3.19. The normalized spacial score (nSPS) is 24.5. The largest absolute Gasteiger partial charge is 0.396 e. The SMILES string of the molecule is OCCCCN1CCC(OC2CCCCC2)CC1. The smallest absolute Gasteiger partial charge is 0.0603 e. The lowest BCUT2D eigenvalue weighted by Crippen LogP contribution is -2.39. The summed E-state index contributed by atoms with van der Waals surface area (Å²) in [5.74, 6) is 0. The van der Waals surface area contributed by atoms with Crippen LogP contribution >= 0.6 is 0 Å². The first-order valence-corrected chi connectivity index (χ1v) is 7.87. The lowest BCUT2D eigenvalue weighted by Gasteiger charge is -2.34. The van der Waals surface area contributed by atoms with E-state index >= 15 is 0 Å². The number of aliphatic hydroxyl groups is 1. The third kappa shape index (κ3) is 4.87. The zero-order valence-electron chi connectivity index (χ0n) is 11.6. The van der Waals surface area contributed by atoms with Crippen LogP contribution in [0.1, 0.15) is 57.8 Å². The van der Waals surface area contributed by atoms with E-state index in [0.717, 1.165) is 19.4 Å². The summed E-state index contributed by atoms with van der Waals surface area (Å²) in [4.78, 5) is 2.52. The Morgan fingerprint density at radius 2 is 1.56 bits per heavy atom. The molecular formula is C15H29NO2. The minimum absolute atomic E-state index is 0.335. The molecule has 3 nitrogen and oxygen atoms in total. The third-order valence-corrected chi connectivity index (χ3v) is 4.35. The molecule has 2 fully saturated rings. The van der Waals surface area contributed by atoms with Crippen LogP contribution in [0.2, 0.25) is 0 Å². The topological polar surface area (TPSA) is 32.7 Å². The molecule has 1 N–H and O–H groups in total. The minimum Gasteiger partial charge on any atom is -0.396 e. The highest BCUT2D eigenvalue weighted by atomic mass is 16.5. The van der Waals surface area contributed by atoms with Crippen molar-refractivity contribution in [3.8, 4) is 0 Å². The van der Waals surface area contributed by atoms with E-state index < -0.39 is 0 Å². The fraction of sp³-hybridized carbons (Fsp3) is 1.00. The van der Waals surface area contributed by atoms with Crippen molar-refractivity contribution in [3.63, 3.8) is 0 Å². The van der Waals surface area contributed by atoms with Crippen LogP contribution < -0.4 is 0 Å². The van der Waals surface area contributed by atoms with Gasteiger partial charge in [0.15, 0.2) is 0 Å². The molecule has 1 aliphatic carbocycles. The maximum absolute atomic E-state index is 8.78. The van der Waals surface area contributed by atoms with E-state index in [2.05, 4.69) is 4.90 Å². The quantitative estimate of drug-likeness (QED) is 0.740. The predicted octanol–water partition coefficient (Wildman–Crippen LogP) is 2.57. The second-order valence-corrected chi connectivity index (χ2v) is 5.87. The third-order valence-electron chi connectivity index (χ3n) is 4.35. The number of likely N-dealkylation sites (tertiary alicyclic amines) is 1. The summed E-state index contributed by atoms with van der Waals surface area (Å²) in [5, 5.41) is 8.78. The standard InChI is InChI=1S/C15H29NO2/c17-13-5-4-10-16-11-8-15(9-12-16)18-14-6-2-1-3-7-14/h14-15,17H,1-13H2. The van der Waals surface area contributed by atoms with Gasteiger partial charge in [0.1, 0.15) is 0 Å². The van der Waals surface area contributed by atoms with E-state index in [0.29, 0.717) is 18.8 Å². The van der Waals surface area contributed by atoms with Gasteiger partial charge < -0.3 is 14.7 Å². The number of hydrogen-bond donors (Lipinski definition) is 1. The van der Waals surface area contributed by atoms with Gasteiger partial charge in [-0.15, -0.1) is 0 Å². The number of piperidine rings is 1. The van der Waals surface area contributed by atoms with Gasteiger partial charge in [-0.25, -0.2) is 0 Å². The molecule has 0 radical (unpaired) electrons. The van der Waals surface area contributed by atoms with E-state index in [1.54, 1.807) is 0 Å². The lowest BCUT2D eigenvalue weighted by atomic mass is 9.97. The molecule has 106 valence electrons. The van der Waals surface area contributed by atoms with Crippen LogP contribution in [0.4, 0.5) is 0 Å². The summed E-state index contributed by atoms with van der Waals surface area (Å²) in [6.45, 7) is 3.85. The zero-order chi connectivity index (χ0) is 12.6. The Balaban J connectivity index is 1.57. The van der Waals surface area contributed by atoms with Crippen LogP contribution in [0.3, 0.4) is 0 Å². The number of unbranched alkanes of at least 4 members (excludes halogenated alkanes) is 1. The van der Waals surface area contributed by atoms with Crippen molar-refractivity contribution in [1.82, 2.24) is 4.90 Å². The van der Waals surface area contributed by atoms with Crippen molar-refractivity contribution < 1.29 is 9.84 Å². The molecule has 3 heteroatoms. The molecule has 2 rings (SSSR count). The Labute approximate surface area is 112 Å². The maximum Gasteiger partial charge on any atom is 0.0603 e. The minimum atomic E-state index is 0.335. The molecule has 0 unspecified atom stereocenters. The zero-order valence-corrected chi connectivity index (χ0v) is 11.6. The van der Waals surface area contributed by atoms with Gasteiger partial charge in [0.05, 0.1) is 12.2 Å². The summed E-state index contributed by atoms with van der Waals surface area (Å²) < 4.78 is 6.24.